The molecule has 0 unspecified atom stereocenters. The van der Waals surface area contributed by atoms with Gasteiger partial charge in [0.2, 0.25) is 5.95 Å². The summed E-state index contributed by atoms with van der Waals surface area (Å²) in [4.78, 5) is 16.3. The van der Waals surface area contributed by atoms with Gasteiger partial charge in [-0.3, -0.25) is 10.1 Å². The van der Waals surface area contributed by atoms with E-state index in [4.69, 9.17) is 16.3 Å². The molecule has 3 rings (SSSR count). The van der Waals surface area contributed by atoms with Crippen molar-refractivity contribution in [2.24, 2.45) is 0 Å². The Kier molecular flexibility index (Phi) is 3.48. The molecule has 0 aliphatic rings. The molecule has 2 N–H and O–H groups in total. The highest BCUT2D eigenvalue weighted by molar-refractivity contribution is 7.21. The first-order valence-corrected chi connectivity index (χ1v) is 6.93. The van der Waals surface area contributed by atoms with Gasteiger partial charge in [-0.15, -0.1) is 16.4 Å². The van der Waals surface area contributed by atoms with Crippen LogP contribution in [0.3, 0.4) is 0 Å². The summed E-state index contributed by atoms with van der Waals surface area (Å²) >= 11 is 7.26. The van der Waals surface area contributed by atoms with Crippen LogP contribution in [0.4, 0.5) is 10.3 Å². The Morgan fingerprint density at radius 3 is 3.05 bits per heavy atom. The van der Waals surface area contributed by atoms with Gasteiger partial charge in [-0.2, -0.15) is 4.98 Å². The summed E-state index contributed by atoms with van der Waals surface area (Å²) in [6, 6.07) is 4.27. The highest BCUT2D eigenvalue weighted by atomic mass is 35.5. The Hall–Kier alpha value is -2.19. The fourth-order valence-electron chi connectivity index (χ4n) is 1.74. The Balaban J connectivity index is 1.92. The number of amides is 1. The Labute approximate surface area is 126 Å². The number of methoxy groups -OCH3 is 1. The van der Waals surface area contributed by atoms with Gasteiger partial charge in [0.25, 0.3) is 5.91 Å². The maximum atomic E-state index is 13.2. The lowest BCUT2D eigenvalue weighted by Crippen LogP contribution is -2.11. The van der Waals surface area contributed by atoms with Crippen molar-refractivity contribution in [3.63, 3.8) is 0 Å². The van der Waals surface area contributed by atoms with Crippen LogP contribution in [-0.2, 0) is 0 Å². The summed E-state index contributed by atoms with van der Waals surface area (Å²) in [6.07, 6.45) is 0. The third kappa shape index (κ3) is 2.55. The van der Waals surface area contributed by atoms with E-state index in [1.807, 2.05) is 0 Å². The Bertz CT molecular complexity index is 832. The highest BCUT2D eigenvalue weighted by Crippen LogP contribution is 2.35. The van der Waals surface area contributed by atoms with Crippen molar-refractivity contribution in [3.8, 4) is 6.01 Å². The largest absolute Gasteiger partial charge is 0.466 e. The van der Waals surface area contributed by atoms with Crippen LogP contribution in [0, 0.1) is 5.82 Å². The van der Waals surface area contributed by atoms with Gasteiger partial charge < -0.3 is 4.74 Å². The molecule has 0 radical (unpaired) electrons. The highest BCUT2D eigenvalue weighted by Gasteiger charge is 2.18. The van der Waals surface area contributed by atoms with E-state index in [9.17, 15) is 9.18 Å². The van der Waals surface area contributed by atoms with Crippen LogP contribution in [-0.4, -0.2) is 28.2 Å². The maximum Gasteiger partial charge on any atom is 0.336 e. The van der Waals surface area contributed by atoms with Gasteiger partial charge in [0, 0.05) is 10.1 Å². The molecular weight excluding hydrogens is 319 g/mol. The van der Waals surface area contributed by atoms with Crippen molar-refractivity contribution in [1.29, 1.82) is 0 Å². The van der Waals surface area contributed by atoms with Crippen molar-refractivity contribution >= 4 is 44.9 Å². The molecular formula is C12H8ClFN4O2S. The average Bonchev–Trinajstić information content (AvgIpc) is 3.03. The predicted octanol–water partition coefficient (Wildman–Crippen LogP) is 3.07. The van der Waals surface area contributed by atoms with Gasteiger partial charge in [-0.1, -0.05) is 11.6 Å². The molecule has 0 atom stereocenters. The molecule has 6 nitrogen and oxygen atoms in total. The SMILES string of the molecule is COc1n[nH]c(NC(=O)c2sc3cc(F)ccc3c2Cl)n1. The van der Waals surface area contributed by atoms with Gasteiger partial charge in [0.15, 0.2) is 0 Å². The van der Waals surface area contributed by atoms with E-state index in [0.29, 0.717) is 10.1 Å². The minimum atomic E-state index is -0.458. The molecule has 0 fully saturated rings. The van der Waals surface area contributed by atoms with Crippen LogP contribution in [0.1, 0.15) is 9.67 Å². The summed E-state index contributed by atoms with van der Waals surface area (Å²) in [5.41, 5.74) is 0. The van der Waals surface area contributed by atoms with Gasteiger partial charge in [-0.25, -0.2) is 9.49 Å². The second-order valence-corrected chi connectivity index (χ2v) is 5.44. The first kappa shape index (κ1) is 13.8. The van der Waals surface area contributed by atoms with Crippen molar-refractivity contribution in [2.75, 3.05) is 12.4 Å². The zero-order valence-corrected chi connectivity index (χ0v) is 12.2. The smallest absolute Gasteiger partial charge is 0.336 e. The summed E-state index contributed by atoms with van der Waals surface area (Å²) < 4.78 is 18.6. The maximum absolute atomic E-state index is 13.2. The molecule has 108 valence electrons. The summed E-state index contributed by atoms with van der Waals surface area (Å²) in [7, 11) is 1.41. The van der Waals surface area contributed by atoms with Crippen LogP contribution in [0.5, 0.6) is 6.01 Å². The lowest BCUT2D eigenvalue weighted by Gasteiger charge is -1.98. The van der Waals surface area contributed by atoms with E-state index in [-0.39, 0.29) is 27.7 Å². The molecule has 0 spiro atoms. The first-order chi connectivity index (χ1) is 10.1. The third-order valence-electron chi connectivity index (χ3n) is 2.68. The van der Waals surface area contributed by atoms with E-state index >= 15 is 0 Å². The van der Waals surface area contributed by atoms with Gasteiger partial charge in [0.05, 0.1) is 12.1 Å². The number of nitrogens with zero attached hydrogens (tertiary/aromatic N) is 2. The number of H-pyrrole nitrogens is 1. The minimum absolute atomic E-state index is 0.106. The van der Waals surface area contributed by atoms with Gasteiger partial charge in [0.1, 0.15) is 10.7 Å². The number of carbonyl (C=O) groups is 1. The standard InChI is InChI=1S/C12H8ClFN4O2S/c1-20-12-16-11(17-18-12)15-10(19)9-8(13)6-3-2-5(14)4-7(6)21-9/h2-4H,1H3,(H2,15,16,17,18,19). The number of halogens is 2. The Morgan fingerprint density at radius 2 is 2.33 bits per heavy atom. The third-order valence-corrected chi connectivity index (χ3v) is 4.33. The number of fused-ring (bicyclic) bond motifs is 1. The zero-order chi connectivity index (χ0) is 15.0. The molecule has 2 aromatic heterocycles. The number of aromatic nitrogens is 3. The van der Waals surface area contributed by atoms with E-state index in [1.165, 1.54) is 25.3 Å². The first-order valence-electron chi connectivity index (χ1n) is 5.74. The fraction of sp³-hybridized carbons (Fsp3) is 0.0833. The molecule has 0 aliphatic heterocycles. The van der Waals surface area contributed by atoms with Crippen molar-refractivity contribution in [2.45, 2.75) is 0 Å². The lowest BCUT2D eigenvalue weighted by molar-refractivity contribution is 0.103. The van der Waals surface area contributed by atoms with Crippen LogP contribution < -0.4 is 10.1 Å². The van der Waals surface area contributed by atoms with Crippen LogP contribution in [0.25, 0.3) is 10.1 Å². The zero-order valence-electron chi connectivity index (χ0n) is 10.6. The van der Waals surface area contributed by atoms with Crippen molar-refractivity contribution in [3.05, 3.63) is 33.9 Å². The number of anilines is 1. The van der Waals surface area contributed by atoms with Crippen molar-refractivity contribution in [1.82, 2.24) is 15.2 Å². The molecule has 1 amide bonds. The second-order valence-electron chi connectivity index (χ2n) is 4.01. The number of benzene rings is 1. The van der Waals surface area contributed by atoms with Gasteiger partial charge in [-0.05, 0) is 18.2 Å². The number of aromatic amines is 1. The van der Waals surface area contributed by atoms with E-state index in [1.54, 1.807) is 0 Å². The topological polar surface area (TPSA) is 79.9 Å². The number of carbonyl (C=O) groups excluding carboxylic acids is 1. The number of hydrogen-bond donors (Lipinski definition) is 2. The van der Waals surface area contributed by atoms with Gasteiger partial charge >= 0.3 is 6.01 Å². The summed E-state index contributed by atoms with van der Waals surface area (Å²) in [6.45, 7) is 0. The molecule has 0 saturated heterocycles. The normalized spacial score (nSPS) is 10.8. The number of hydrogen-bond acceptors (Lipinski definition) is 5. The summed E-state index contributed by atoms with van der Waals surface area (Å²) in [5.74, 6) is -0.704. The van der Waals surface area contributed by atoms with Crippen LogP contribution >= 0.6 is 22.9 Å². The number of nitrogens with one attached hydrogen (secondary N) is 2. The molecule has 0 aliphatic carbocycles. The Morgan fingerprint density at radius 1 is 1.52 bits per heavy atom. The summed E-state index contributed by atoms with van der Waals surface area (Å²) in [5, 5.41) is 9.63. The molecule has 21 heavy (non-hydrogen) atoms. The lowest BCUT2D eigenvalue weighted by atomic mass is 10.2. The molecule has 9 heteroatoms. The van der Waals surface area contributed by atoms with Crippen LogP contribution in [0.15, 0.2) is 18.2 Å². The predicted molar refractivity (Wildman–Crippen MR) is 77.7 cm³/mol. The molecule has 2 heterocycles. The fourth-order valence-corrected chi connectivity index (χ4v) is 3.18. The number of ether oxygens (including phenoxy) is 1. The monoisotopic (exact) mass is 326 g/mol. The van der Waals surface area contributed by atoms with Crippen molar-refractivity contribution < 1.29 is 13.9 Å². The molecule has 0 saturated carbocycles. The van der Waals surface area contributed by atoms with E-state index < -0.39 is 5.91 Å². The van der Waals surface area contributed by atoms with E-state index in [2.05, 4.69) is 20.5 Å². The molecule has 3 aromatic rings. The minimum Gasteiger partial charge on any atom is -0.466 e. The van der Waals surface area contributed by atoms with E-state index in [0.717, 1.165) is 11.3 Å². The molecule has 1 aromatic carbocycles. The number of thiophene rings is 1. The van der Waals surface area contributed by atoms with Crippen LogP contribution in [0.2, 0.25) is 5.02 Å². The molecule has 0 bridgehead atoms. The quantitative estimate of drug-likeness (QED) is 0.775. The second kappa shape index (κ2) is 5.30. The average molecular weight is 327 g/mol. The number of rotatable bonds is 3.